The Morgan fingerprint density at radius 2 is 2.05 bits per heavy atom. The molecule has 1 unspecified atom stereocenters. The van der Waals surface area contributed by atoms with E-state index in [4.69, 9.17) is 13.6 Å². The summed E-state index contributed by atoms with van der Waals surface area (Å²) in [5.41, 5.74) is 1.31. The summed E-state index contributed by atoms with van der Waals surface area (Å²) in [6, 6.07) is 9.87. The Labute approximate surface area is 131 Å². The molecule has 5 nitrogen and oxygen atoms in total. The Morgan fingerprint density at radius 3 is 2.55 bits per heavy atom. The fourth-order valence-electron chi connectivity index (χ4n) is 3.58. The number of likely N-dealkylation sites (N-methyl/N-ethyl adjacent to an activating group) is 1. The second kappa shape index (κ2) is 5.14. The van der Waals surface area contributed by atoms with Crippen molar-refractivity contribution in [2.75, 3.05) is 27.3 Å². The summed E-state index contributed by atoms with van der Waals surface area (Å²) in [4.78, 5) is 12.3. The van der Waals surface area contributed by atoms with Crippen molar-refractivity contribution in [3.63, 3.8) is 0 Å². The Bertz CT molecular complexity index is 647. The van der Waals surface area contributed by atoms with Gasteiger partial charge in [-0.2, -0.15) is 0 Å². The van der Waals surface area contributed by atoms with Crippen LogP contribution in [0.4, 0.5) is 0 Å². The van der Waals surface area contributed by atoms with Crippen LogP contribution in [0.25, 0.3) is 0 Å². The molecule has 22 heavy (non-hydrogen) atoms. The first-order valence-electron chi connectivity index (χ1n) is 7.36. The van der Waals surface area contributed by atoms with Crippen molar-refractivity contribution in [1.82, 2.24) is 4.67 Å². The van der Waals surface area contributed by atoms with Crippen LogP contribution in [0.3, 0.4) is 0 Å². The van der Waals surface area contributed by atoms with Crippen molar-refractivity contribution in [2.24, 2.45) is 0 Å². The van der Waals surface area contributed by atoms with Crippen LogP contribution in [0, 0.1) is 0 Å². The van der Waals surface area contributed by atoms with Crippen molar-refractivity contribution in [1.29, 1.82) is 0 Å². The van der Waals surface area contributed by atoms with Gasteiger partial charge in [0.2, 0.25) is 0 Å². The molecule has 0 aromatic heterocycles. The van der Waals surface area contributed by atoms with Crippen LogP contribution in [-0.2, 0) is 18.4 Å². The van der Waals surface area contributed by atoms with Gasteiger partial charge in [-0.3, -0.25) is 0 Å². The van der Waals surface area contributed by atoms with Crippen molar-refractivity contribution in [3.8, 4) is 0 Å². The molecule has 1 spiro atoms. The SMILES string of the molecule is COP12(OCCN1C)OC(C)=C(C(C)=O)C2c1ccccc1. The number of benzene rings is 1. The van der Waals surface area contributed by atoms with E-state index in [0.29, 0.717) is 24.5 Å². The van der Waals surface area contributed by atoms with Crippen molar-refractivity contribution >= 4 is 13.2 Å². The molecule has 2 aliphatic heterocycles. The van der Waals surface area contributed by atoms with Crippen LogP contribution in [0.2, 0.25) is 0 Å². The zero-order valence-electron chi connectivity index (χ0n) is 13.4. The van der Waals surface area contributed by atoms with Gasteiger partial charge in [0.15, 0.2) is 0 Å². The maximum atomic E-state index is 12.3. The third-order valence-corrected chi connectivity index (χ3v) is 9.37. The Hall–Kier alpha value is -1.26. The van der Waals surface area contributed by atoms with Gasteiger partial charge in [0, 0.05) is 0 Å². The first-order valence-corrected chi connectivity index (χ1v) is 9.37. The molecule has 0 N–H and O–H groups in total. The van der Waals surface area contributed by atoms with E-state index >= 15 is 0 Å². The first kappa shape index (κ1) is 15.6. The van der Waals surface area contributed by atoms with E-state index in [0.717, 1.165) is 5.56 Å². The average Bonchev–Trinajstić information content (AvgIpc) is 2.97. The van der Waals surface area contributed by atoms with Gasteiger partial charge < -0.3 is 0 Å². The molecule has 2 aliphatic rings. The average molecular weight is 323 g/mol. The summed E-state index contributed by atoms with van der Waals surface area (Å²) >= 11 is 0. The van der Waals surface area contributed by atoms with Gasteiger partial charge in [-0.1, -0.05) is 0 Å². The number of Topliss-reactive ketones (excluding diaryl/α,β-unsaturated/α-hetero) is 1. The van der Waals surface area contributed by atoms with Crippen LogP contribution < -0.4 is 0 Å². The molecule has 1 fully saturated rings. The molecule has 0 amide bonds. The number of rotatable bonds is 3. The zero-order valence-corrected chi connectivity index (χ0v) is 14.3. The van der Waals surface area contributed by atoms with E-state index in [1.54, 1.807) is 14.0 Å². The summed E-state index contributed by atoms with van der Waals surface area (Å²) in [6.45, 7) is 4.64. The number of hydrogen-bond acceptors (Lipinski definition) is 5. The molecule has 3 rings (SSSR count). The summed E-state index contributed by atoms with van der Waals surface area (Å²) in [5.74, 6) is 0.600. The topological polar surface area (TPSA) is 48.0 Å². The van der Waals surface area contributed by atoms with Crippen molar-refractivity contribution in [3.05, 3.63) is 47.2 Å². The molecule has 0 bridgehead atoms. The summed E-state index contributed by atoms with van der Waals surface area (Å²) in [5, 5.41) is 0. The molecule has 1 saturated heterocycles. The van der Waals surface area contributed by atoms with Crippen LogP contribution in [0.5, 0.6) is 0 Å². The van der Waals surface area contributed by atoms with E-state index in [2.05, 4.69) is 0 Å². The van der Waals surface area contributed by atoms with E-state index < -0.39 is 7.43 Å². The van der Waals surface area contributed by atoms with Crippen LogP contribution >= 0.6 is 7.43 Å². The van der Waals surface area contributed by atoms with E-state index in [1.165, 1.54) is 0 Å². The van der Waals surface area contributed by atoms with Gasteiger partial charge in [-0.25, -0.2) is 0 Å². The molecule has 6 heteroatoms. The van der Waals surface area contributed by atoms with Gasteiger partial charge in [0.1, 0.15) is 0 Å². The zero-order chi connectivity index (χ0) is 16.0. The standard InChI is InChI=1S/C16H22NO4P/c1-12(18)15-13(2)21-22(19-4,17(3)10-11-20-22)16(15)14-8-6-5-7-9-14/h5-9,16H,10-11H2,1-4H3. The Balaban J connectivity index is 2.27. The molecule has 120 valence electrons. The second-order valence-corrected chi connectivity index (χ2v) is 9.53. The van der Waals surface area contributed by atoms with Crippen LogP contribution in [-0.4, -0.2) is 37.8 Å². The van der Waals surface area contributed by atoms with Crippen LogP contribution in [0.1, 0.15) is 25.1 Å². The van der Waals surface area contributed by atoms with Crippen molar-refractivity contribution < 1.29 is 18.4 Å². The maximum absolute atomic E-state index is 12.3. The Morgan fingerprint density at radius 1 is 1.36 bits per heavy atom. The molecular formula is C16H22NO4P. The fraction of sp³-hybridized carbons (Fsp3) is 0.438. The van der Waals surface area contributed by atoms with E-state index in [1.807, 2.05) is 49.0 Å². The number of hydrogen-bond donors (Lipinski definition) is 0. The normalized spacial score (nSPS) is 28.4. The second-order valence-electron chi connectivity index (χ2n) is 5.73. The molecular weight excluding hydrogens is 301 g/mol. The number of ketones is 1. The molecule has 0 aliphatic carbocycles. The van der Waals surface area contributed by atoms with Gasteiger partial charge in [0.05, 0.1) is 0 Å². The summed E-state index contributed by atoms with van der Waals surface area (Å²) in [6.07, 6.45) is 0. The van der Waals surface area contributed by atoms with Gasteiger partial charge >= 0.3 is 130 Å². The monoisotopic (exact) mass is 323 g/mol. The molecule has 2 heterocycles. The summed E-state index contributed by atoms with van der Waals surface area (Å²) < 4.78 is 20.5. The van der Waals surface area contributed by atoms with Gasteiger partial charge in [-0.05, 0) is 0 Å². The third-order valence-electron chi connectivity index (χ3n) is 4.58. The minimum atomic E-state index is -3.61. The minimum absolute atomic E-state index is 0.00574. The molecule has 1 atom stereocenters. The number of carbonyl (C=O) groups is 1. The van der Waals surface area contributed by atoms with E-state index in [9.17, 15) is 4.79 Å². The summed E-state index contributed by atoms with van der Waals surface area (Å²) in [7, 11) is -0.0510. The molecule has 1 aromatic rings. The number of carbonyl (C=O) groups excluding carboxylic acids is 1. The predicted molar refractivity (Wildman–Crippen MR) is 86.2 cm³/mol. The predicted octanol–water partition coefficient (Wildman–Crippen LogP) is 3.44. The van der Waals surface area contributed by atoms with Crippen molar-refractivity contribution in [2.45, 2.75) is 19.5 Å². The fourth-order valence-corrected chi connectivity index (χ4v) is 8.21. The molecule has 0 saturated carbocycles. The Kier molecular flexibility index (Phi) is 3.65. The van der Waals surface area contributed by atoms with E-state index in [-0.39, 0.29) is 11.4 Å². The third kappa shape index (κ3) is 1.83. The van der Waals surface area contributed by atoms with Crippen LogP contribution in [0.15, 0.2) is 41.7 Å². The quantitative estimate of drug-likeness (QED) is 0.798. The van der Waals surface area contributed by atoms with Gasteiger partial charge in [0.25, 0.3) is 0 Å². The van der Waals surface area contributed by atoms with Gasteiger partial charge in [-0.15, -0.1) is 0 Å². The first-order chi connectivity index (χ1) is 10.4. The number of nitrogens with zero attached hydrogens (tertiary/aromatic N) is 1. The number of allylic oxidation sites excluding steroid dienone is 2. The molecule has 0 radical (unpaired) electrons. The molecule has 1 aromatic carbocycles.